The first-order valence-corrected chi connectivity index (χ1v) is 7.55. The Morgan fingerprint density at radius 2 is 2.16 bits per heavy atom. The summed E-state index contributed by atoms with van der Waals surface area (Å²) in [7, 11) is 1.99. The lowest BCUT2D eigenvalue weighted by Crippen LogP contribution is -2.16. The van der Waals surface area contributed by atoms with Crippen molar-refractivity contribution < 1.29 is 0 Å². The third-order valence-corrected chi connectivity index (χ3v) is 4.46. The molecule has 104 valence electrons. The highest BCUT2D eigenvalue weighted by Crippen LogP contribution is 2.32. The van der Waals surface area contributed by atoms with Gasteiger partial charge in [0.25, 0.3) is 0 Å². The van der Waals surface area contributed by atoms with Crippen LogP contribution in [0.2, 0.25) is 0 Å². The first-order valence-electron chi connectivity index (χ1n) is 7.11. The molecule has 0 radical (unpaired) electrons. The van der Waals surface area contributed by atoms with Crippen LogP contribution in [0.5, 0.6) is 0 Å². The summed E-state index contributed by atoms with van der Waals surface area (Å²) in [5.41, 5.74) is 3.09. The van der Waals surface area contributed by atoms with E-state index in [2.05, 4.69) is 9.67 Å². The standard InChI is InChI=1S/C14H21ClN4/c1-9(15)13-16-12-10(2)17-18(3)14(12)19(13)8-7-11-5-4-6-11/h9,11H,4-8H2,1-3H3. The summed E-state index contributed by atoms with van der Waals surface area (Å²) >= 11 is 6.29. The molecular weight excluding hydrogens is 260 g/mol. The molecule has 2 aromatic heterocycles. The first-order chi connectivity index (χ1) is 9.08. The molecule has 2 heterocycles. The fourth-order valence-corrected chi connectivity index (χ4v) is 3.14. The molecule has 5 heteroatoms. The van der Waals surface area contributed by atoms with Crippen LogP contribution in [0.15, 0.2) is 0 Å². The molecule has 0 spiro atoms. The molecule has 0 N–H and O–H groups in total. The van der Waals surface area contributed by atoms with Gasteiger partial charge in [0.1, 0.15) is 11.3 Å². The summed E-state index contributed by atoms with van der Waals surface area (Å²) in [6.07, 6.45) is 5.39. The molecule has 1 saturated carbocycles. The molecule has 0 aromatic carbocycles. The van der Waals surface area contributed by atoms with Crippen LogP contribution in [-0.4, -0.2) is 19.3 Å². The monoisotopic (exact) mass is 280 g/mol. The zero-order valence-electron chi connectivity index (χ0n) is 11.9. The summed E-state index contributed by atoms with van der Waals surface area (Å²) in [4.78, 5) is 4.70. The van der Waals surface area contributed by atoms with Crippen molar-refractivity contribution in [3.63, 3.8) is 0 Å². The highest BCUT2D eigenvalue weighted by Gasteiger charge is 2.22. The van der Waals surface area contributed by atoms with Crippen molar-refractivity contribution in [2.45, 2.75) is 51.5 Å². The van der Waals surface area contributed by atoms with Crippen LogP contribution >= 0.6 is 11.6 Å². The van der Waals surface area contributed by atoms with Crippen LogP contribution in [0, 0.1) is 12.8 Å². The largest absolute Gasteiger partial charge is 0.312 e. The topological polar surface area (TPSA) is 35.6 Å². The van der Waals surface area contributed by atoms with Gasteiger partial charge in [-0.1, -0.05) is 19.3 Å². The van der Waals surface area contributed by atoms with Gasteiger partial charge in [-0.05, 0) is 26.2 Å². The average Bonchev–Trinajstić information content (AvgIpc) is 2.77. The normalized spacial score (nSPS) is 17.9. The van der Waals surface area contributed by atoms with E-state index >= 15 is 0 Å². The molecule has 0 amide bonds. The molecule has 1 aliphatic carbocycles. The van der Waals surface area contributed by atoms with Crippen LogP contribution in [0.4, 0.5) is 0 Å². The number of rotatable bonds is 4. The minimum Gasteiger partial charge on any atom is -0.312 e. The summed E-state index contributed by atoms with van der Waals surface area (Å²) in [5.74, 6) is 1.87. The van der Waals surface area contributed by atoms with Crippen LogP contribution in [-0.2, 0) is 13.6 Å². The number of alkyl halides is 1. The Bertz CT molecular complexity index is 592. The van der Waals surface area contributed by atoms with Gasteiger partial charge in [-0.3, -0.25) is 4.68 Å². The quantitative estimate of drug-likeness (QED) is 0.803. The van der Waals surface area contributed by atoms with Gasteiger partial charge in [0.2, 0.25) is 0 Å². The molecule has 2 aromatic rings. The van der Waals surface area contributed by atoms with Gasteiger partial charge in [-0.2, -0.15) is 5.10 Å². The predicted molar refractivity (Wildman–Crippen MR) is 77.5 cm³/mol. The van der Waals surface area contributed by atoms with E-state index in [0.29, 0.717) is 0 Å². The number of aromatic nitrogens is 4. The molecule has 3 rings (SSSR count). The Morgan fingerprint density at radius 3 is 2.74 bits per heavy atom. The highest BCUT2D eigenvalue weighted by atomic mass is 35.5. The van der Waals surface area contributed by atoms with Crippen LogP contribution in [0.3, 0.4) is 0 Å². The maximum Gasteiger partial charge on any atom is 0.158 e. The molecule has 1 atom stereocenters. The van der Waals surface area contributed by atoms with Gasteiger partial charge in [0.05, 0.1) is 11.1 Å². The first kappa shape index (κ1) is 13.0. The number of fused-ring (bicyclic) bond motifs is 1. The molecule has 4 nitrogen and oxygen atoms in total. The van der Waals surface area contributed by atoms with E-state index in [1.807, 2.05) is 25.6 Å². The van der Waals surface area contributed by atoms with Crippen molar-refractivity contribution >= 4 is 22.8 Å². The Balaban J connectivity index is 1.99. The second-order valence-corrected chi connectivity index (χ2v) is 6.36. The van der Waals surface area contributed by atoms with E-state index in [1.165, 1.54) is 25.7 Å². The van der Waals surface area contributed by atoms with Gasteiger partial charge in [0, 0.05) is 13.6 Å². The van der Waals surface area contributed by atoms with Gasteiger partial charge < -0.3 is 4.57 Å². The van der Waals surface area contributed by atoms with Gasteiger partial charge in [-0.15, -0.1) is 11.6 Å². The van der Waals surface area contributed by atoms with E-state index in [-0.39, 0.29) is 5.38 Å². The zero-order valence-corrected chi connectivity index (χ0v) is 12.6. The SMILES string of the molecule is Cc1nn(C)c2c1nc(C(C)Cl)n2CCC1CCC1. The Labute approximate surface area is 118 Å². The average molecular weight is 281 g/mol. The predicted octanol–water partition coefficient (Wildman–Crippen LogP) is 3.57. The smallest absolute Gasteiger partial charge is 0.158 e. The minimum atomic E-state index is -0.0619. The third-order valence-electron chi connectivity index (χ3n) is 4.26. The molecule has 1 aliphatic rings. The molecule has 0 saturated heterocycles. The Hall–Kier alpha value is -1.03. The van der Waals surface area contributed by atoms with Gasteiger partial charge in [-0.25, -0.2) is 4.98 Å². The number of imidazole rings is 1. The number of halogens is 1. The summed E-state index contributed by atoms with van der Waals surface area (Å²) in [6.45, 7) is 5.01. The second-order valence-electron chi connectivity index (χ2n) is 5.70. The van der Waals surface area contributed by atoms with E-state index in [0.717, 1.165) is 35.1 Å². The number of aryl methyl sites for hydroxylation is 3. The Kier molecular flexibility index (Phi) is 3.29. The minimum absolute atomic E-state index is 0.0619. The van der Waals surface area contributed by atoms with E-state index in [9.17, 15) is 0 Å². The third kappa shape index (κ3) is 2.16. The van der Waals surface area contributed by atoms with Crippen LogP contribution in [0.1, 0.15) is 49.5 Å². The molecule has 0 aliphatic heterocycles. The number of nitrogens with zero attached hydrogens (tertiary/aromatic N) is 4. The summed E-state index contributed by atoms with van der Waals surface area (Å²) in [6, 6.07) is 0. The van der Waals surface area contributed by atoms with Crippen molar-refractivity contribution in [2.24, 2.45) is 13.0 Å². The van der Waals surface area contributed by atoms with Crippen molar-refractivity contribution in [2.75, 3.05) is 0 Å². The fraction of sp³-hybridized carbons (Fsp3) is 0.714. The maximum atomic E-state index is 6.29. The number of hydrogen-bond donors (Lipinski definition) is 0. The fourth-order valence-electron chi connectivity index (χ4n) is 2.97. The lowest BCUT2D eigenvalue weighted by molar-refractivity contribution is 0.282. The van der Waals surface area contributed by atoms with Gasteiger partial charge in [0.15, 0.2) is 5.65 Å². The molecule has 0 bridgehead atoms. The van der Waals surface area contributed by atoms with Crippen molar-refractivity contribution in [1.82, 2.24) is 19.3 Å². The van der Waals surface area contributed by atoms with E-state index < -0.39 is 0 Å². The molecule has 19 heavy (non-hydrogen) atoms. The summed E-state index contributed by atoms with van der Waals surface area (Å²) < 4.78 is 4.20. The maximum absolute atomic E-state index is 6.29. The molecule has 1 unspecified atom stereocenters. The van der Waals surface area contributed by atoms with Crippen molar-refractivity contribution in [1.29, 1.82) is 0 Å². The van der Waals surface area contributed by atoms with E-state index in [4.69, 9.17) is 16.6 Å². The Morgan fingerprint density at radius 1 is 1.42 bits per heavy atom. The highest BCUT2D eigenvalue weighted by molar-refractivity contribution is 6.20. The second kappa shape index (κ2) is 4.82. The van der Waals surface area contributed by atoms with Crippen LogP contribution < -0.4 is 0 Å². The lowest BCUT2D eigenvalue weighted by Gasteiger charge is -2.25. The number of hydrogen-bond acceptors (Lipinski definition) is 2. The lowest BCUT2D eigenvalue weighted by atomic mass is 9.83. The van der Waals surface area contributed by atoms with Crippen molar-refractivity contribution in [3.05, 3.63) is 11.5 Å². The van der Waals surface area contributed by atoms with E-state index in [1.54, 1.807) is 0 Å². The van der Waals surface area contributed by atoms with Crippen molar-refractivity contribution in [3.8, 4) is 0 Å². The van der Waals surface area contributed by atoms with Gasteiger partial charge >= 0.3 is 0 Å². The summed E-state index contributed by atoms with van der Waals surface area (Å²) in [5, 5.41) is 4.40. The zero-order chi connectivity index (χ0) is 13.6. The molecule has 1 fully saturated rings. The molecular formula is C14H21ClN4. The van der Waals surface area contributed by atoms with Crippen LogP contribution in [0.25, 0.3) is 11.2 Å².